The Morgan fingerprint density at radius 2 is 1.74 bits per heavy atom. The van der Waals surface area contributed by atoms with Crippen molar-refractivity contribution in [3.05, 3.63) is 91.3 Å². The summed E-state index contributed by atoms with van der Waals surface area (Å²) < 4.78 is 6.46. The molecule has 0 spiro atoms. The van der Waals surface area contributed by atoms with Crippen molar-refractivity contribution in [1.29, 1.82) is 0 Å². The molecule has 3 rings (SSSR count). The molecule has 180 valence electrons. The Balaban J connectivity index is 1.62. The summed E-state index contributed by atoms with van der Waals surface area (Å²) >= 11 is 0. The third-order valence-electron chi connectivity index (χ3n) is 5.02. The zero-order valence-electron chi connectivity index (χ0n) is 18.9. The SMILES string of the molecule is Cc1nn(C(C)C(=O)NN=Cc2ccc(OC(=O)c3ccccc3[N+](=O)[O-])cc2)c(C)c1[N+](=O)[O-]. The topological polar surface area (TPSA) is 172 Å². The van der Waals surface area contributed by atoms with E-state index in [0.29, 0.717) is 5.56 Å². The van der Waals surface area contributed by atoms with E-state index in [1.165, 1.54) is 68.1 Å². The third-order valence-corrected chi connectivity index (χ3v) is 5.02. The largest absolute Gasteiger partial charge is 0.423 e. The van der Waals surface area contributed by atoms with Crippen LogP contribution in [0.15, 0.2) is 53.6 Å². The summed E-state index contributed by atoms with van der Waals surface area (Å²) in [7, 11) is 0. The third kappa shape index (κ3) is 5.52. The predicted molar refractivity (Wildman–Crippen MR) is 123 cm³/mol. The first-order valence-electron chi connectivity index (χ1n) is 10.2. The van der Waals surface area contributed by atoms with Gasteiger partial charge < -0.3 is 4.74 Å². The summed E-state index contributed by atoms with van der Waals surface area (Å²) in [5, 5.41) is 30.2. The van der Waals surface area contributed by atoms with Crippen molar-refractivity contribution < 1.29 is 24.2 Å². The Labute approximate surface area is 198 Å². The quantitative estimate of drug-likeness (QED) is 0.168. The number of amides is 1. The number of nitro benzene ring substituents is 1. The molecule has 0 aliphatic carbocycles. The highest BCUT2D eigenvalue weighted by atomic mass is 16.6. The molecule has 1 amide bonds. The number of nitro groups is 2. The molecule has 1 N–H and O–H groups in total. The summed E-state index contributed by atoms with van der Waals surface area (Å²) in [6.45, 7) is 4.54. The van der Waals surface area contributed by atoms with Crippen LogP contribution in [0.3, 0.4) is 0 Å². The van der Waals surface area contributed by atoms with E-state index in [1.807, 2.05) is 0 Å². The van der Waals surface area contributed by atoms with Crippen LogP contribution in [0.25, 0.3) is 0 Å². The van der Waals surface area contributed by atoms with Crippen LogP contribution in [0.1, 0.15) is 40.3 Å². The number of hydrogen-bond acceptors (Lipinski definition) is 9. The highest BCUT2D eigenvalue weighted by Crippen LogP contribution is 2.24. The number of para-hydroxylation sites is 1. The van der Waals surface area contributed by atoms with Crippen molar-refractivity contribution in [3.63, 3.8) is 0 Å². The lowest BCUT2D eigenvalue weighted by molar-refractivity contribution is -0.386. The Hall–Kier alpha value is -4.94. The number of nitrogens with zero attached hydrogens (tertiary/aromatic N) is 5. The zero-order chi connectivity index (χ0) is 25.7. The van der Waals surface area contributed by atoms with Crippen molar-refractivity contribution in [2.24, 2.45) is 5.10 Å². The molecule has 1 unspecified atom stereocenters. The number of rotatable bonds is 8. The van der Waals surface area contributed by atoms with Gasteiger partial charge >= 0.3 is 11.7 Å². The van der Waals surface area contributed by atoms with E-state index in [-0.39, 0.29) is 34.1 Å². The van der Waals surface area contributed by atoms with Crippen LogP contribution in [0.5, 0.6) is 5.75 Å². The molecule has 1 atom stereocenters. The predicted octanol–water partition coefficient (Wildman–Crippen LogP) is 3.25. The highest BCUT2D eigenvalue weighted by molar-refractivity contribution is 5.95. The minimum absolute atomic E-state index is 0.143. The molecule has 3 aromatic rings. The van der Waals surface area contributed by atoms with Gasteiger partial charge in [0.15, 0.2) is 0 Å². The van der Waals surface area contributed by atoms with Crippen LogP contribution in [0.4, 0.5) is 11.4 Å². The fourth-order valence-electron chi connectivity index (χ4n) is 3.26. The monoisotopic (exact) mass is 480 g/mol. The Kier molecular flexibility index (Phi) is 7.29. The fourth-order valence-corrected chi connectivity index (χ4v) is 3.26. The van der Waals surface area contributed by atoms with E-state index in [1.54, 1.807) is 12.1 Å². The molecule has 13 heteroatoms. The van der Waals surface area contributed by atoms with Crippen molar-refractivity contribution in [2.75, 3.05) is 0 Å². The molecule has 0 saturated heterocycles. The lowest BCUT2D eigenvalue weighted by atomic mass is 10.2. The van der Waals surface area contributed by atoms with E-state index in [4.69, 9.17) is 4.74 Å². The number of hydrogen-bond donors (Lipinski definition) is 1. The number of aryl methyl sites for hydroxylation is 1. The summed E-state index contributed by atoms with van der Waals surface area (Å²) in [6, 6.07) is 10.7. The highest BCUT2D eigenvalue weighted by Gasteiger charge is 2.27. The van der Waals surface area contributed by atoms with E-state index in [0.717, 1.165) is 0 Å². The maximum absolute atomic E-state index is 12.4. The zero-order valence-corrected chi connectivity index (χ0v) is 18.9. The van der Waals surface area contributed by atoms with Gasteiger partial charge in [0.05, 0.1) is 16.1 Å². The molecule has 0 fully saturated rings. The average Bonchev–Trinajstić information content (AvgIpc) is 3.13. The summed E-state index contributed by atoms with van der Waals surface area (Å²) in [4.78, 5) is 45.7. The average molecular weight is 480 g/mol. The van der Waals surface area contributed by atoms with Gasteiger partial charge in [0.2, 0.25) is 0 Å². The lowest BCUT2D eigenvalue weighted by Gasteiger charge is -2.11. The maximum Gasteiger partial charge on any atom is 0.350 e. The molecule has 0 aliphatic rings. The smallest absolute Gasteiger partial charge is 0.350 e. The van der Waals surface area contributed by atoms with Crippen molar-refractivity contribution in [3.8, 4) is 5.75 Å². The van der Waals surface area contributed by atoms with Gasteiger partial charge in [-0.05, 0) is 56.7 Å². The first-order valence-corrected chi connectivity index (χ1v) is 10.2. The van der Waals surface area contributed by atoms with Crippen LogP contribution in [-0.4, -0.2) is 37.7 Å². The lowest BCUT2D eigenvalue weighted by Crippen LogP contribution is -2.28. The number of carbonyl (C=O) groups is 2. The molecule has 0 saturated carbocycles. The number of esters is 1. The first-order chi connectivity index (χ1) is 16.6. The second kappa shape index (κ2) is 10.3. The number of ether oxygens (including phenoxy) is 1. The molecule has 0 bridgehead atoms. The molecule has 1 aromatic heterocycles. The standard InChI is InChI=1S/C22H20N6O7/c1-13-20(28(33)34)14(2)26(25-13)15(3)21(29)24-23-12-16-8-10-17(11-9-16)35-22(30)18-6-4-5-7-19(18)27(31)32/h4-12,15H,1-3H3,(H,24,29). The van der Waals surface area contributed by atoms with E-state index in [2.05, 4.69) is 15.6 Å². The molecule has 1 heterocycles. The van der Waals surface area contributed by atoms with Crippen molar-refractivity contribution >= 4 is 29.5 Å². The molecular weight excluding hydrogens is 460 g/mol. The summed E-state index contributed by atoms with van der Waals surface area (Å²) in [5.41, 5.74) is 2.70. The normalized spacial score (nSPS) is 11.7. The van der Waals surface area contributed by atoms with Crippen LogP contribution in [0, 0.1) is 34.1 Å². The Bertz CT molecular complexity index is 1330. The van der Waals surface area contributed by atoms with Crippen LogP contribution < -0.4 is 10.2 Å². The van der Waals surface area contributed by atoms with Gasteiger partial charge in [-0.15, -0.1) is 0 Å². The van der Waals surface area contributed by atoms with Gasteiger partial charge in [-0.25, -0.2) is 10.2 Å². The minimum atomic E-state index is -0.871. The van der Waals surface area contributed by atoms with Crippen molar-refractivity contribution in [1.82, 2.24) is 15.2 Å². The first kappa shape index (κ1) is 24.7. The second-order valence-corrected chi connectivity index (χ2v) is 7.36. The molecule has 0 aliphatic heterocycles. The van der Waals surface area contributed by atoms with Gasteiger partial charge in [0, 0.05) is 6.07 Å². The minimum Gasteiger partial charge on any atom is -0.423 e. The van der Waals surface area contributed by atoms with Crippen LogP contribution in [-0.2, 0) is 4.79 Å². The Morgan fingerprint density at radius 3 is 2.34 bits per heavy atom. The molecule has 35 heavy (non-hydrogen) atoms. The fraction of sp³-hybridized carbons (Fsp3) is 0.182. The van der Waals surface area contributed by atoms with E-state index < -0.39 is 27.8 Å². The van der Waals surface area contributed by atoms with Gasteiger partial charge in [-0.3, -0.25) is 29.7 Å². The summed E-state index contributed by atoms with van der Waals surface area (Å²) in [5.74, 6) is -1.24. The molecular formula is C22H20N6O7. The number of carbonyl (C=O) groups excluding carboxylic acids is 2. The molecule has 2 aromatic carbocycles. The van der Waals surface area contributed by atoms with Crippen LogP contribution in [0.2, 0.25) is 0 Å². The number of nitrogens with one attached hydrogen (secondary N) is 1. The maximum atomic E-state index is 12.4. The van der Waals surface area contributed by atoms with E-state index in [9.17, 15) is 29.8 Å². The van der Waals surface area contributed by atoms with Gasteiger partial charge in [-0.2, -0.15) is 10.2 Å². The molecule has 13 nitrogen and oxygen atoms in total. The number of hydrazone groups is 1. The van der Waals surface area contributed by atoms with Crippen LogP contribution >= 0.6 is 0 Å². The van der Waals surface area contributed by atoms with Gasteiger partial charge in [0.25, 0.3) is 11.6 Å². The summed E-state index contributed by atoms with van der Waals surface area (Å²) in [6.07, 6.45) is 1.35. The van der Waals surface area contributed by atoms with Gasteiger partial charge in [0.1, 0.15) is 28.7 Å². The number of aromatic nitrogens is 2. The number of benzene rings is 2. The van der Waals surface area contributed by atoms with E-state index >= 15 is 0 Å². The van der Waals surface area contributed by atoms with Gasteiger partial charge in [-0.1, -0.05) is 12.1 Å². The Morgan fingerprint density at radius 1 is 1.09 bits per heavy atom. The van der Waals surface area contributed by atoms with Crippen molar-refractivity contribution in [2.45, 2.75) is 26.8 Å². The second-order valence-electron chi connectivity index (χ2n) is 7.36. The molecule has 0 radical (unpaired) electrons.